The molecule has 1 aliphatic rings. The van der Waals surface area contributed by atoms with Crippen LogP contribution in [0.1, 0.15) is 48.2 Å². The van der Waals surface area contributed by atoms with E-state index in [0.717, 1.165) is 23.6 Å². The van der Waals surface area contributed by atoms with Crippen molar-refractivity contribution in [2.24, 2.45) is 0 Å². The van der Waals surface area contributed by atoms with E-state index < -0.39 is 0 Å². The van der Waals surface area contributed by atoms with Crippen molar-refractivity contribution in [3.8, 4) is 5.75 Å². The van der Waals surface area contributed by atoms with Crippen molar-refractivity contribution in [2.45, 2.75) is 44.6 Å². The van der Waals surface area contributed by atoms with Gasteiger partial charge in [-0.15, -0.1) is 10.2 Å². The summed E-state index contributed by atoms with van der Waals surface area (Å²) in [5.74, 6) is 1.36. The fourth-order valence-electron chi connectivity index (χ4n) is 3.23. The molecule has 2 N–H and O–H groups in total. The van der Waals surface area contributed by atoms with Crippen LogP contribution in [0.15, 0.2) is 36.4 Å². The van der Waals surface area contributed by atoms with Gasteiger partial charge >= 0.3 is 0 Å². The van der Waals surface area contributed by atoms with Crippen molar-refractivity contribution >= 4 is 11.7 Å². The smallest absolute Gasteiger partial charge is 0.271 e. The SMILES string of the molecule is COc1cccc(CCNC(=O)c2ccc(NC3CCCCC3)nn2)c1. The maximum Gasteiger partial charge on any atom is 0.271 e. The molecular formula is C20H26N4O2. The third-order valence-corrected chi connectivity index (χ3v) is 4.69. The average molecular weight is 354 g/mol. The number of benzene rings is 1. The first-order valence-corrected chi connectivity index (χ1v) is 9.26. The number of nitrogens with one attached hydrogen (secondary N) is 2. The van der Waals surface area contributed by atoms with Crippen LogP contribution in [0.5, 0.6) is 5.75 Å². The molecule has 2 aromatic rings. The number of hydrogen-bond acceptors (Lipinski definition) is 5. The minimum atomic E-state index is -0.204. The molecule has 0 atom stereocenters. The second-order valence-electron chi connectivity index (χ2n) is 6.64. The second kappa shape index (κ2) is 9.17. The fraction of sp³-hybridized carbons (Fsp3) is 0.450. The maximum absolute atomic E-state index is 12.2. The molecule has 0 aliphatic heterocycles. The molecule has 1 aliphatic carbocycles. The highest BCUT2D eigenvalue weighted by molar-refractivity contribution is 5.92. The monoisotopic (exact) mass is 354 g/mol. The Balaban J connectivity index is 1.46. The van der Waals surface area contributed by atoms with E-state index in [1.54, 1.807) is 13.2 Å². The number of amides is 1. The van der Waals surface area contributed by atoms with Crippen molar-refractivity contribution in [3.05, 3.63) is 47.7 Å². The third-order valence-electron chi connectivity index (χ3n) is 4.69. The highest BCUT2D eigenvalue weighted by atomic mass is 16.5. The molecule has 26 heavy (non-hydrogen) atoms. The molecule has 6 nitrogen and oxygen atoms in total. The number of nitrogens with zero attached hydrogens (tertiary/aromatic N) is 2. The van der Waals surface area contributed by atoms with Gasteiger partial charge < -0.3 is 15.4 Å². The van der Waals surface area contributed by atoms with Crippen LogP contribution in [0.25, 0.3) is 0 Å². The van der Waals surface area contributed by atoms with Gasteiger partial charge in [0.25, 0.3) is 5.91 Å². The van der Waals surface area contributed by atoms with E-state index in [1.165, 1.54) is 32.1 Å². The summed E-state index contributed by atoms with van der Waals surface area (Å²) in [6.07, 6.45) is 6.93. The van der Waals surface area contributed by atoms with Crippen LogP contribution in [0.2, 0.25) is 0 Å². The molecule has 138 valence electrons. The lowest BCUT2D eigenvalue weighted by atomic mass is 9.95. The van der Waals surface area contributed by atoms with Crippen molar-refractivity contribution in [2.75, 3.05) is 19.0 Å². The van der Waals surface area contributed by atoms with Crippen LogP contribution >= 0.6 is 0 Å². The zero-order valence-corrected chi connectivity index (χ0v) is 15.2. The zero-order chi connectivity index (χ0) is 18.2. The van der Waals surface area contributed by atoms with Gasteiger partial charge in [0.2, 0.25) is 0 Å². The molecule has 0 spiro atoms. The molecule has 1 saturated carbocycles. The molecule has 1 amide bonds. The summed E-state index contributed by atoms with van der Waals surface area (Å²) in [5, 5.41) is 14.5. The molecule has 0 saturated heterocycles. The average Bonchev–Trinajstić information content (AvgIpc) is 2.69. The summed E-state index contributed by atoms with van der Waals surface area (Å²) >= 11 is 0. The number of rotatable bonds is 7. The van der Waals surface area contributed by atoms with Crippen LogP contribution in [0.4, 0.5) is 5.82 Å². The molecule has 0 bridgehead atoms. The lowest BCUT2D eigenvalue weighted by Crippen LogP contribution is -2.27. The van der Waals surface area contributed by atoms with Crippen molar-refractivity contribution in [1.82, 2.24) is 15.5 Å². The van der Waals surface area contributed by atoms with Gasteiger partial charge in [-0.1, -0.05) is 31.4 Å². The predicted molar refractivity (Wildman–Crippen MR) is 102 cm³/mol. The Kier molecular flexibility index (Phi) is 6.41. The van der Waals surface area contributed by atoms with E-state index in [0.29, 0.717) is 18.3 Å². The van der Waals surface area contributed by atoms with Crippen LogP contribution in [0.3, 0.4) is 0 Å². The summed E-state index contributed by atoms with van der Waals surface area (Å²) < 4.78 is 5.21. The summed E-state index contributed by atoms with van der Waals surface area (Å²) in [4.78, 5) is 12.2. The number of ether oxygens (including phenoxy) is 1. The highest BCUT2D eigenvalue weighted by Crippen LogP contribution is 2.20. The topological polar surface area (TPSA) is 76.1 Å². The number of hydrogen-bond donors (Lipinski definition) is 2. The number of aromatic nitrogens is 2. The fourth-order valence-corrected chi connectivity index (χ4v) is 3.23. The van der Waals surface area contributed by atoms with Gasteiger partial charge in [-0.3, -0.25) is 4.79 Å². The Hall–Kier alpha value is -2.63. The number of anilines is 1. The molecule has 3 rings (SSSR count). The summed E-state index contributed by atoms with van der Waals surface area (Å²) in [5.41, 5.74) is 1.45. The van der Waals surface area contributed by atoms with E-state index in [2.05, 4.69) is 20.8 Å². The van der Waals surface area contributed by atoms with Crippen LogP contribution < -0.4 is 15.4 Å². The minimum Gasteiger partial charge on any atom is -0.497 e. The highest BCUT2D eigenvalue weighted by Gasteiger charge is 2.14. The normalized spacial score (nSPS) is 14.7. The Morgan fingerprint density at radius 3 is 2.73 bits per heavy atom. The predicted octanol–water partition coefficient (Wildman–Crippen LogP) is 3.20. The Morgan fingerprint density at radius 2 is 2.00 bits per heavy atom. The Morgan fingerprint density at radius 1 is 1.15 bits per heavy atom. The zero-order valence-electron chi connectivity index (χ0n) is 15.2. The van der Waals surface area contributed by atoms with E-state index in [4.69, 9.17) is 4.74 Å². The lowest BCUT2D eigenvalue weighted by Gasteiger charge is -2.22. The minimum absolute atomic E-state index is 0.204. The Labute approximate surface area is 154 Å². The number of carbonyl (C=O) groups excluding carboxylic acids is 1. The molecule has 1 fully saturated rings. The van der Waals surface area contributed by atoms with Gasteiger partial charge in [-0.25, -0.2) is 0 Å². The standard InChI is InChI=1S/C20H26N4O2/c1-26-17-9-5-6-15(14-17)12-13-21-20(25)18-10-11-19(24-23-18)22-16-7-3-2-4-8-16/h5-6,9-11,14,16H,2-4,7-8,12-13H2,1H3,(H,21,25)(H,22,24). The summed E-state index contributed by atoms with van der Waals surface area (Å²) in [6.45, 7) is 0.537. The van der Waals surface area contributed by atoms with Gasteiger partial charge in [-0.2, -0.15) is 0 Å². The molecule has 1 heterocycles. The van der Waals surface area contributed by atoms with Crippen LogP contribution in [-0.2, 0) is 6.42 Å². The quantitative estimate of drug-likeness (QED) is 0.798. The molecule has 6 heteroatoms. The van der Waals surface area contributed by atoms with Gasteiger partial charge in [0.1, 0.15) is 11.6 Å². The van der Waals surface area contributed by atoms with Crippen LogP contribution in [-0.4, -0.2) is 35.8 Å². The number of carbonyl (C=O) groups is 1. The van der Waals surface area contributed by atoms with E-state index in [9.17, 15) is 4.79 Å². The van der Waals surface area contributed by atoms with Crippen molar-refractivity contribution in [3.63, 3.8) is 0 Å². The molecular weight excluding hydrogens is 328 g/mol. The summed E-state index contributed by atoms with van der Waals surface area (Å²) in [6, 6.07) is 11.9. The summed E-state index contributed by atoms with van der Waals surface area (Å²) in [7, 11) is 1.65. The second-order valence-corrected chi connectivity index (χ2v) is 6.64. The third kappa shape index (κ3) is 5.18. The van der Waals surface area contributed by atoms with E-state index in [1.807, 2.05) is 30.3 Å². The number of methoxy groups -OCH3 is 1. The molecule has 1 aromatic carbocycles. The molecule has 0 radical (unpaired) electrons. The van der Waals surface area contributed by atoms with Gasteiger partial charge in [-0.05, 0) is 49.1 Å². The first-order valence-electron chi connectivity index (χ1n) is 9.26. The van der Waals surface area contributed by atoms with E-state index >= 15 is 0 Å². The van der Waals surface area contributed by atoms with Crippen LogP contribution in [0, 0.1) is 0 Å². The largest absolute Gasteiger partial charge is 0.497 e. The van der Waals surface area contributed by atoms with Crippen molar-refractivity contribution in [1.29, 1.82) is 0 Å². The van der Waals surface area contributed by atoms with E-state index in [-0.39, 0.29) is 5.91 Å². The first-order chi connectivity index (χ1) is 12.7. The van der Waals surface area contributed by atoms with Crippen molar-refractivity contribution < 1.29 is 9.53 Å². The van der Waals surface area contributed by atoms with Gasteiger partial charge in [0.05, 0.1) is 7.11 Å². The van der Waals surface area contributed by atoms with Gasteiger partial charge in [0, 0.05) is 12.6 Å². The lowest BCUT2D eigenvalue weighted by molar-refractivity contribution is 0.0948. The first kappa shape index (κ1) is 18.2. The van der Waals surface area contributed by atoms with Gasteiger partial charge in [0.15, 0.2) is 5.69 Å². The Bertz CT molecular complexity index is 712. The maximum atomic E-state index is 12.2. The molecule has 0 unspecified atom stereocenters. The molecule has 1 aromatic heterocycles.